The number of ether oxygens (including phenoxy) is 4. The Morgan fingerprint density at radius 3 is 1.88 bits per heavy atom. The first-order chi connectivity index (χ1) is 19.1. The van der Waals surface area contributed by atoms with E-state index in [2.05, 4.69) is 74.9 Å². The molecule has 0 amide bonds. The Kier molecular flexibility index (Phi) is 18.5. The fraction of sp³-hybridized carbons (Fsp3) is 0.727. The first kappa shape index (κ1) is 37.0. The number of carbonyl (C=O) groups is 1. The summed E-state index contributed by atoms with van der Waals surface area (Å²) in [5.41, 5.74) is 3.45. The van der Waals surface area contributed by atoms with Crippen molar-refractivity contribution in [3.8, 4) is 21.3 Å². The van der Waals surface area contributed by atoms with Crippen LogP contribution in [0.25, 0.3) is 0 Å². The Balaban J connectivity index is 3.70. The Morgan fingerprint density at radius 1 is 0.900 bits per heavy atom. The van der Waals surface area contributed by atoms with Crippen LogP contribution in [-0.2, 0) is 23.7 Å². The van der Waals surface area contributed by atoms with Gasteiger partial charge in [0.2, 0.25) is 0 Å². The molecule has 1 fully saturated rings. The molecule has 0 aromatic carbocycles. The number of carbonyl (C=O) groups excluding carboxylic acids is 1. The number of esters is 1. The summed E-state index contributed by atoms with van der Waals surface area (Å²) in [7, 11) is -1.68. The number of hydrogen-bond donors (Lipinski definition) is 0. The van der Waals surface area contributed by atoms with Crippen molar-refractivity contribution in [2.24, 2.45) is 5.92 Å². The quantitative estimate of drug-likeness (QED) is 0.0697. The van der Waals surface area contributed by atoms with Crippen LogP contribution in [0.1, 0.15) is 66.2 Å². The molecule has 7 heteroatoms. The topological polar surface area (TPSA) is 54.0 Å². The second-order valence-electron chi connectivity index (χ2n) is 12.0. The second kappa shape index (κ2) is 20.0. The average molecular weight is 680 g/mol. The molecule has 1 heterocycles. The maximum absolute atomic E-state index is 11.9. The van der Waals surface area contributed by atoms with Gasteiger partial charge in [0.1, 0.15) is 0 Å². The van der Waals surface area contributed by atoms with Gasteiger partial charge in [-0.3, -0.25) is 0 Å². The first-order valence-electron chi connectivity index (χ1n) is 15.4. The third-order valence-electron chi connectivity index (χ3n) is 7.08. The zero-order valence-electron chi connectivity index (χ0n) is 26.5. The van der Waals surface area contributed by atoms with Crippen LogP contribution in [0.5, 0.6) is 0 Å². The molecule has 1 aliphatic heterocycles. The van der Waals surface area contributed by atoms with Gasteiger partial charge in [-0.15, -0.1) is 0 Å². The van der Waals surface area contributed by atoms with Crippen LogP contribution in [0.2, 0.25) is 33.0 Å². The zero-order valence-corrected chi connectivity index (χ0v) is 30.3. The fourth-order valence-electron chi connectivity index (χ4n) is 4.94. The van der Waals surface area contributed by atoms with Crippen LogP contribution in [0.15, 0.2) is 25.3 Å². The molecule has 1 aliphatic rings. The predicted molar refractivity (Wildman–Crippen MR) is 172 cm³/mol. The molecular weight excluding hydrogens is 623 g/mol. The van der Waals surface area contributed by atoms with E-state index in [1.807, 2.05) is 0 Å². The van der Waals surface area contributed by atoms with Gasteiger partial charge in [0.25, 0.3) is 0 Å². The number of unbranched alkanes of at least 4 members (excludes halogenated alkanes) is 3. The van der Waals surface area contributed by atoms with Gasteiger partial charge in [0.15, 0.2) is 0 Å². The van der Waals surface area contributed by atoms with Gasteiger partial charge in [0.05, 0.1) is 0 Å². The molecule has 5 nitrogen and oxygen atoms in total. The summed E-state index contributed by atoms with van der Waals surface area (Å²) in [5, 5.41) is 0. The molecule has 0 radical (unpaired) electrons. The van der Waals surface area contributed by atoms with E-state index in [-0.39, 0.29) is 18.5 Å². The molecule has 0 aromatic heterocycles. The van der Waals surface area contributed by atoms with E-state index in [9.17, 15) is 4.79 Å². The van der Waals surface area contributed by atoms with Crippen molar-refractivity contribution < 1.29 is 23.7 Å². The van der Waals surface area contributed by atoms with Crippen molar-refractivity contribution >= 4 is 32.4 Å². The zero-order chi connectivity index (χ0) is 30.0. The first-order valence-corrected chi connectivity index (χ1v) is 26.3. The summed E-state index contributed by atoms with van der Waals surface area (Å²) in [4.78, 5) is 11.9. The summed E-state index contributed by atoms with van der Waals surface area (Å²) < 4.78 is 32.7. The molecule has 0 saturated carbocycles. The van der Waals surface area contributed by atoms with E-state index in [1.54, 1.807) is 12.2 Å². The van der Waals surface area contributed by atoms with Crippen molar-refractivity contribution in [3.05, 3.63) is 25.3 Å². The minimum atomic E-state index is -2.79. The van der Waals surface area contributed by atoms with Gasteiger partial charge >= 0.3 is 252 Å². The molecule has 0 aliphatic carbocycles. The van der Waals surface area contributed by atoms with Gasteiger partial charge in [0, 0.05) is 0 Å². The Bertz CT molecular complexity index is 869. The Labute approximate surface area is 251 Å². The molecule has 0 aromatic rings. The third kappa shape index (κ3) is 13.8. The van der Waals surface area contributed by atoms with Gasteiger partial charge in [-0.2, -0.15) is 0 Å². The molecule has 5 atom stereocenters. The SMILES string of the molecule is C=CCO[C@@H]1[C@@H](OCC=C)[C@H](C#[C][Sn]([CH2]CCC)([CH2]CCC)[CH2]CCC)[C@@H](COC(C)=O)O[C@@H]1C#C[Si](C)(C)C. The van der Waals surface area contributed by atoms with Gasteiger partial charge in [-0.05, 0) is 0 Å². The van der Waals surface area contributed by atoms with Gasteiger partial charge in [-0.25, -0.2) is 0 Å². The molecular formula is C33H56O5SiSn. The number of rotatable bonds is 17. The third-order valence-corrected chi connectivity index (χ3v) is 21.1. The van der Waals surface area contributed by atoms with E-state index in [0.29, 0.717) is 13.2 Å². The second-order valence-corrected chi connectivity index (χ2v) is 29.0. The molecule has 0 N–H and O–H groups in total. The fourth-order valence-corrected chi connectivity index (χ4v) is 18.9. The van der Waals surface area contributed by atoms with Crippen molar-refractivity contribution in [3.63, 3.8) is 0 Å². The average Bonchev–Trinajstić information content (AvgIpc) is 2.91. The summed E-state index contributed by atoms with van der Waals surface area (Å²) in [6.45, 7) is 23.4. The molecule has 1 saturated heterocycles. The normalized spacial score (nSPS) is 22.8. The predicted octanol–water partition coefficient (Wildman–Crippen LogP) is 7.35. The molecule has 226 valence electrons. The van der Waals surface area contributed by atoms with Crippen molar-refractivity contribution in [2.75, 3.05) is 19.8 Å². The van der Waals surface area contributed by atoms with E-state index in [1.165, 1.54) is 58.8 Å². The number of hydrogen-bond acceptors (Lipinski definition) is 5. The van der Waals surface area contributed by atoms with Crippen molar-refractivity contribution in [1.82, 2.24) is 0 Å². The summed E-state index contributed by atoms with van der Waals surface area (Å²) in [5.74, 6) is 6.47. The summed E-state index contributed by atoms with van der Waals surface area (Å²) >= 11 is -2.79. The minimum absolute atomic E-state index is 0.114. The molecule has 40 heavy (non-hydrogen) atoms. The van der Waals surface area contributed by atoms with Crippen LogP contribution in [-0.4, -0.2) is 76.7 Å². The molecule has 0 spiro atoms. The van der Waals surface area contributed by atoms with Crippen LogP contribution in [0, 0.1) is 27.2 Å². The van der Waals surface area contributed by atoms with Crippen LogP contribution >= 0.6 is 0 Å². The van der Waals surface area contributed by atoms with Crippen molar-refractivity contribution in [1.29, 1.82) is 0 Å². The van der Waals surface area contributed by atoms with E-state index in [0.717, 1.165) is 0 Å². The molecule has 1 rings (SSSR count). The van der Waals surface area contributed by atoms with Crippen molar-refractivity contribution in [2.45, 2.75) is 124 Å². The van der Waals surface area contributed by atoms with Crippen LogP contribution in [0.4, 0.5) is 0 Å². The Hall–Kier alpha value is -1.03. The van der Waals surface area contributed by atoms with Crippen LogP contribution in [0.3, 0.4) is 0 Å². The summed E-state index contributed by atoms with van der Waals surface area (Å²) in [6, 6.07) is 0. The standard InChI is InChI=1S/C21H29O5Si.3C4H9.Sn/c1-8-12-23-20-17(10-3)19(15-25-16(4)22)26-18(11-14-27(5,6)7)21(20)24-13-9-2;3*1-3-4-2;/h8-9,17-21H,1-2,12-13,15H2,4-7H3;3*1,3-4H2,2H3;/t17-,18-,19-,20+,21+;;;;/m1..../s1. The maximum atomic E-state index is 11.9. The van der Waals surface area contributed by atoms with Gasteiger partial charge < -0.3 is 0 Å². The Morgan fingerprint density at radius 2 is 1.43 bits per heavy atom. The summed E-state index contributed by atoms with van der Waals surface area (Å²) in [6.07, 6.45) is 8.99. The molecule has 0 bridgehead atoms. The molecule has 0 unspecified atom stereocenters. The van der Waals surface area contributed by atoms with E-state index in [4.69, 9.17) is 18.9 Å². The van der Waals surface area contributed by atoms with E-state index < -0.39 is 50.9 Å². The van der Waals surface area contributed by atoms with E-state index >= 15 is 0 Å². The monoisotopic (exact) mass is 680 g/mol. The van der Waals surface area contributed by atoms with Gasteiger partial charge in [-0.1, -0.05) is 0 Å². The van der Waals surface area contributed by atoms with Crippen LogP contribution < -0.4 is 0 Å².